The molecule has 0 unspecified atom stereocenters. The number of aryl methyl sites for hydroxylation is 4. The molecule has 1 aromatic heterocycles. The molecular formula is C28H38Cl2CoN4. The van der Waals surface area contributed by atoms with Crippen molar-refractivity contribution in [3.05, 3.63) is 88.7 Å². The average molecular weight is 560 g/mol. The third-order valence-electron chi connectivity index (χ3n) is 6.05. The second kappa shape index (κ2) is 17.6. The van der Waals surface area contributed by atoms with Gasteiger partial charge in [0, 0.05) is 50.3 Å². The van der Waals surface area contributed by atoms with E-state index in [1.165, 1.54) is 33.6 Å². The van der Waals surface area contributed by atoms with Crippen LogP contribution < -0.4 is 35.4 Å². The normalized spacial score (nSPS) is 10.1. The van der Waals surface area contributed by atoms with Gasteiger partial charge in [-0.3, -0.25) is 9.88 Å². The van der Waals surface area contributed by atoms with Gasteiger partial charge in [-0.15, -0.1) is 0 Å². The summed E-state index contributed by atoms with van der Waals surface area (Å²) in [5.74, 6) is 0. The van der Waals surface area contributed by atoms with Crippen LogP contribution in [0.1, 0.15) is 41.8 Å². The summed E-state index contributed by atoms with van der Waals surface area (Å²) in [6, 6.07) is 19.3. The predicted octanol–water partition coefficient (Wildman–Crippen LogP) is -0.145. The summed E-state index contributed by atoms with van der Waals surface area (Å²) in [6.07, 6.45) is 3.98. The van der Waals surface area contributed by atoms with Crippen molar-refractivity contribution in [3.8, 4) is 0 Å². The van der Waals surface area contributed by atoms with Crippen LogP contribution in [0.25, 0.3) is 0 Å². The zero-order chi connectivity index (χ0) is 22.8. The smallest absolute Gasteiger partial charge is 1.00 e. The third kappa shape index (κ3) is 10.0. The Labute approximate surface area is 234 Å². The first-order chi connectivity index (χ1) is 15.6. The van der Waals surface area contributed by atoms with Crippen LogP contribution in [-0.2, 0) is 36.2 Å². The summed E-state index contributed by atoms with van der Waals surface area (Å²) in [7, 11) is 0. The number of anilines is 2. The van der Waals surface area contributed by atoms with Crippen molar-refractivity contribution < 1.29 is 41.6 Å². The van der Waals surface area contributed by atoms with E-state index in [0.717, 1.165) is 51.3 Å². The Morgan fingerprint density at radius 2 is 1.26 bits per heavy atom. The van der Waals surface area contributed by atoms with E-state index in [4.69, 9.17) is 0 Å². The first-order valence-corrected chi connectivity index (χ1v) is 11.9. The van der Waals surface area contributed by atoms with E-state index in [2.05, 4.69) is 96.7 Å². The van der Waals surface area contributed by atoms with E-state index >= 15 is 0 Å². The number of pyridine rings is 1. The monoisotopic (exact) mass is 559 g/mol. The van der Waals surface area contributed by atoms with Gasteiger partial charge in [-0.25, -0.2) is 0 Å². The molecule has 35 heavy (non-hydrogen) atoms. The Bertz CT molecular complexity index is 943. The van der Waals surface area contributed by atoms with Crippen molar-refractivity contribution in [2.75, 3.05) is 36.8 Å². The number of nitrogens with zero attached hydrogens (tertiary/aromatic N) is 2. The van der Waals surface area contributed by atoms with Gasteiger partial charge in [-0.1, -0.05) is 56.3 Å². The van der Waals surface area contributed by atoms with Crippen LogP contribution in [0.4, 0.5) is 11.4 Å². The Morgan fingerprint density at radius 3 is 1.77 bits per heavy atom. The van der Waals surface area contributed by atoms with Gasteiger partial charge in [-0.05, 0) is 61.1 Å². The van der Waals surface area contributed by atoms with Crippen molar-refractivity contribution >= 4 is 11.4 Å². The zero-order valence-electron chi connectivity index (χ0n) is 21.2. The number of nitrogens with one attached hydrogen (secondary N) is 2. The van der Waals surface area contributed by atoms with Gasteiger partial charge in [-0.2, -0.15) is 0 Å². The molecule has 0 aliphatic rings. The molecule has 2 aromatic carbocycles. The van der Waals surface area contributed by atoms with Crippen molar-refractivity contribution in [1.82, 2.24) is 9.88 Å². The van der Waals surface area contributed by atoms with E-state index in [0.29, 0.717) is 0 Å². The maximum absolute atomic E-state index is 4.55. The van der Waals surface area contributed by atoms with Gasteiger partial charge in [0.15, 0.2) is 0 Å². The van der Waals surface area contributed by atoms with Crippen molar-refractivity contribution in [1.29, 1.82) is 0 Å². The Hall–Kier alpha value is -1.76. The molecule has 0 atom stereocenters. The number of aromatic nitrogens is 1. The van der Waals surface area contributed by atoms with E-state index < -0.39 is 0 Å². The molecule has 0 bridgehead atoms. The minimum Gasteiger partial charge on any atom is -1.00 e. The average Bonchev–Trinajstić information content (AvgIpc) is 2.81. The number of rotatable bonds is 12. The molecule has 0 saturated heterocycles. The molecule has 3 aromatic rings. The molecule has 2 N–H and O–H groups in total. The van der Waals surface area contributed by atoms with E-state index in [1.54, 1.807) is 0 Å². The quantitative estimate of drug-likeness (QED) is 0.324. The fourth-order valence-corrected chi connectivity index (χ4v) is 4.23. The summed E-state index contributed by atoms with van der Waals surface area (Å²) < 4.78 is 0. The second-order valence-corrected chi connectivity index (χ2v) is 8.38. The number of hydrogen-bond acceptors (Lipinski definition) is 4. The molecule has 1 radical (unpaired) electrons. The summed E-state index contributed by atoms with van der Waals surface area (Å²) >= 11 is 0. The molecule has 0 amide bonds. The fraction of sp³-hybridized carbons (Fsp3) is 0.393. The van der Waals surface area contributed by atoms with Crippen LogP contribution in [0, 0.1) is 13.8 Å². The molecule has 3 rings (SSSR count). The fourth-order valence-electron chi connectivity index (χ4n) is 4.23. The minimum absolute atomic E-state index is 0. The Morgan fingerprint density at radius 1 is 0.714 bits per heavy atom. The van der Waals surface area contributed by atoms with Crippen LogP contribution in [0.15, 0.2) is 60.8 Å². The molecule has 7 heteroatoms. The van der Waals surface area contributed by atoms with E-state index in [9.17, 15) is 0 Å². The SMILES string of the molecule is CCc1cccc(CC)c1NCCN(CCNc1c(C)cccc1C)Cc1ccccn1.[Cl-].[Cl-].[Co+2]. The standard InChI is InChI=1S/C28H38N4.2ClH.Co/c1-5-24-13-10-14-25(6-2)28(24)31-18-20-32(21-26-15-7-8-16-29-26)19-17-30-27-22(3)11-9-12-23(27)4;;;/h7-16,30-31H,5-6,17-21H2,1-4H3;2*1H;/q;;;+2/p-2. The molecule has 0 fully saturated rings. The van der Waals surface area contributed by atoms with Crippen LogP contribution in [0.2, 0.25) is 0 Å². The first-order valence-electron chi connectivity index (χ1n) is 11.9. The Kier molecular flexibility index (Phi) is 16.7. The molecule has 4 nitrogen and oxygen atoms in total. The third-order valence-corrected chi connectivity index (χ3v) is 6.05. The van der Waals surface area contributed by atoms with Gasteiger partial charge in [0.25, 0.3) is 0 Å². The molecule has 193 valence electrons. The number of halogens is 2. The Balaban J connectivity index is 0.00000385. The maximum Gasteiger partial charge on any atom is 2.00 e. The second-order valence-electron chi connectivity index (χ2n) is 8.38. The molecule has 0 saturated carbocycles. The first kappa shape index (κ1) is 33.2. The maximum atomic E-state index is 4.55. The predicted molar refractivity (Wildman–Crippen MR) is 138 cm³/mol. The van der Waals surface area contributed by atoms with E-state index in [1.807, 2.05) is 12.3 Å². The molecule has 0 aliphatic carbocycles. The minimum atomic E-state index is 0. The van der Waals surface area contributed by atoms with Gasteiger partial charge in [0.1, 0.15) is 0 Å². The largest absolute Gasteiger partial charge is 2.00 e. The summed E-state index contributed by atoms with van der Waals surface area (Å²) in [5.41, 5.74) is 9.09. The van der Waals surface area contributed by atoms with Gasteiger partial charge >= 0.3 is 16.8 Å². The van der Waals surface area contributed by atoms with Crippen molar-refractivity contribution in [3.63, 3.8) is 0 Å². The molecular weight excluding hydrogens is 522 g/mol. The number of benzene rings is 2. The van der Waals surface area contributed by atoms with Gasteiger partial charge < -0.3 is 35.4 Å². The van der Waals surface area contributed by atoms with Crippen LogP contribution in [-0.4, -0.2) is 36.1 Å². The number of para-hydroxylation sites is 2. The van der Waals surface area contributed by atoms with Crippen LogP contribution in [0.5, 0.6) is 0 Å². The van der Waals surface area contributed by atoms with Crippen LogP contribution >= 0.6 is 0 Å². The summed E-state index contributed by atoms with van der Waals surface area (Å²) in [5, 5.41) is 7.40. The molecule has 0 aliphatic heterocycles. The summed E-state index contributed by atoms with van der Waals surface area (Å²) in [6.45, 7) is 13.4. The molecule has 1 heterocycles. The van der Waals surface area contributed by atoms with Gasteiger partial charge in [0.05, 0.1) is 5.69 Å². The zero-order valence-corrected chi connectivity index (χ0v) is 23.8. The molecule has 0 spiro atoms. The summed E-state index contributed by atoms with van der Waals surface area (Å²) in [4.78, 5) is 7.03. The van der Waals surface area contributed by atoms with Crippen molar-refractivity contribution in [2.24, 2.45) is 0 Å². The van der Waals surface area contributed by atoms with Crippen LogP contribution in [0.3, 0.4) is 0 Å². The van der Waals surface area contributed by atoms with Gasteiger partial charge in [0.2, 0.25) is 0 Å². The van der Waals surface area contributed by atoms with E-state index in [-0.39, 0.29) is 41.6 Å². The topological polar surface area (TPSA) is 40.2 Å². The number of hydrogen-bond donors (Lipinski definition) is 2. The van der Waals surface area contributed by atoms with Crippen molar-refractivity contribution in [2.45, 2.75) is 47.1 Å².